The number of anilines is 1. The van der Waals surface area contributed by atoms with Crippen molar-refractivity contribution in [1.82, 2.24) is 15.0 Å². The molecule has 7 nitrogen and oxygen atoms in total. The average molecular weight is 382 g/mol. The molecule has 2 aromatic carbocycles. The van der Waals surface area contributed by atoms with Crippen LogP contribution in [0.5, 0.6) is 5.75 Å². The topological polar surface area (TPSA) is 78.3 Å². The van der Waals surface area contributed by atoms with E-state index >= 15 is 0 Å². The first kappa shape index (κ1) is 18.1. The number of ether oxygens (including phenoxy) is 2. The van der Waals surface area contributed by atoms with E-state index in [9.17, 15) is 9.18 Å². The fourth-order valence-electron chi connectivity index (χ4n) is 3.17. The molecule has 28 heavy (non-hydrogen) atoms. The molecule has 0 saturated carbocycles. The van der Waals surface area contributed by atoms with Crippen LogP contribution in [0, 0.1) is 12.7 Å². The predicted molar refractivity (Wildman–Crippen MR) is 99.6 cm³/mol. The first-order valence-corrected chi connectivity index (χ1v) is 8.80. The standard InChI is InChI=1S/C20H19FN4O3/c1-12-3-8-17(27-2)15(9-12)22-20(26)19-16-11-28-18(10-25(16)24-23-19)13-4-6-14(21)7-5-13/h3-9,18H,10-11H2,1-2H3,(H,22,26)/t18-/m0/s1. The second-order valence-corrected chi connectivity index (χ2v) is 6.58. The minimum absolute atomic E-state index is 0.183. The normalized spacial score (nSPS) is 15.8. The maximum atomic E-state index is 13.1. The Balaban J connectivity index is 1.53. The number of carbonyl (C=O) groups is 1. The van der Waals surface area contributed by atoms with Crippen LogP contribution in [0.3, 0.4) is 0 Å². The Kier molecular flexibility index (Phi) is 4.79. The number of fused-ring (bicyclic) bond motifs is 1. The van der Waals surface area contributed by atoms with Crippen molar-refractivity contribution in [2.24, 2.45) is 0 Å². The number of amides is 1. The molecule has 1 aromatic heterocycles. The Morgan fingerprint density at radius 1 is 1.29 bits per heavy atom. The van der Waals surface area contributed by atoms with E-state index < -0.39 is 0 Å². The second-order valence-electron chi connectivity index (χ2n) is 6.58. The van der Waals surface area contributed by atoms with E-state index in [1.807, 2.05) is 19.1 Å². The highest BCUT2D eigenvalue weighted by Gasteiger charge is 2.28. The number of methoxy groups -OCH3 is 1. The third kappa shape index (κ3) is 3.46. The van der Waals surface area contributed by atoms with Crippen LogP contribution in [0.4, 0.5) is 10.1 Å². The number of rotatable bonds is 4. The van der Waals surface area contributed by atoms with Crippen LogP contribution in [0.1, 0.15) is 33.4 Å². The fraction of sp³-hybridized carbons (Fsp3) is 0.250. The van der Waals surface area contributed by atoms with Crippen molar-refractivity contribution < 1.29 is 18.7 Å². The van der Waals surface area contributed by atoms with Crippen LogP contribution >= 0.6 is 0 Å². The number of benzene rings is 2. The van der Waals surface area contributed by atoms with E-state index in [1.165, 1.54) is 12.1 Å². The number of aromatic nitrogens is 3. The Hall–Kier alpha value is -3.26. The van der Waals surface area contributed by atoms with Crippen LogP contribution < -0.4 is 10.1 Å². The molecule has 1 aliphatic rings. The van der Waals surface area contributed by atoms with E-state index in [2.05, 4.69) is 15.6 Å². The van der Waals surface area contributed by atoms with Gasteiger partial charge in [-0.2, -0.15) is 0 Å². The van der Waals surface area contributed by atoms with Gasteiger partial charge in [-0.25, -0.2) is 9.07 Å². The van der Waals surface area contributed by atoms with Gasteiger partial charge < -0.3 is 14.8 Å². The van der Waals surface area contributed by atoms with Gasteiger partial charge in [-0.05, 0) is 42.3 Å². The van der Waals surface area contributed by atoms with Crippen molar-refractivity contribution in [1.29, 1.82) is 0 Å². The number of nitrogens with zero attached hydrogens (tertiary/aromatic N) is 3. The van der Waals surface area contributed by atoms with Crippen molar-refractivity contribution in [2.45, 2.75) is 26.2 Å². The second kappa shape index (κ2) is 7.40. The Morgan fingerprint density at radius 2 is 2.07 bits per heavy atom. The summed E-state index contributed by atoms with van der Waals surface area (Å²) in [6, 6.07) is 11.7. The predicted octanol–water partition coefficient (Wildman–Crippen LogP) is 3.26. The maximum absolute atomic E-state index is 13.1. The summed E-state index contributed by atoms with van der Waals surface area (Å²) in [5.74, 6) is -0.117. The molecule has 0 bridgehead atoms. The minimum atomic E-state index is -0.381. The Labute approximate surface area is 161 Å². The minimum Gasteiger partial charge on any atom is -0.495 e. The molecule has 1 aliphatic heterocycles. The molecule has 0 aliphatic carbocycles. The molecular formula is C20H19FN4O3. The van der Waals surface area contributed by atoms with E-state index in [0.29, 0.717) is 23.7 Å². The summed E-state index contributed by atoms with van der Waals surface area (Å²) in [4.78, 5) is 12.7. The van der Waals surface area contributed by atoms with E-state index in [4.69, 9.17) is 9.47 Å². The highest BCUT2D eigenvalue weighted by atomic mass is 19.1. The van der Waals surface area contributed by atoms with Crippen LogP contribution in [0.25, 0.3) is 0 Å². The summed E-state index contributed by atoms with van der Waals surface area (Å²) < 4.78 is 25.9. The first-order valence-electron chi connectivity index (χ1n) is 8.80. The molecule has 4 rings (SSSR count). The first-order chi connectivity index (χ1) is 13.5. The monoisotopic (exact) mass is 382 g/mol. The summed E-state index contributed by atoms with van der Waals surface area (Å²) in [6.07, 6.45) is -0.275. The van der Waals surface area contributed by atoms with Gasteiger partial charge in [0.2, 0.25) is 0 Å². The molecule has 8 heteroatoms. The quantitative estimate of drug-likeness (QED) is 0.749. The van der Waals surface area contributed by atoms with Gasteiger partial charge in [-0.3, -0.25) is 4.79 Å². The van der Waals surface area contributed by atoms with Crippen molar-refractivity contribution in [2.75, 3.05) is 12.4 Å². The molecule has 0 fully saturated rings. The SMILES string of the molecule is COc1ccc(C)cc1NC(=O)c1nnn2c1CO[C@H](c1ccc(F)cc1)C2. The molecule has 1 atom stereocenters. The van der Waals surface area contributed by atoms with Gasteiger partial charge in [0.1, 0.15) is 17.7 Å². The highest BCUT2D eigenvalue weighted by Crippen LogP contribution is 2.29. The number of aryl methyl sites for hydroxylation is 1. The average Bonchev–Trinajstić information content (AvgIpc) is 3.12. The number of hydrogen-bond donors (Lipinski definition) is 1. The molecule has 1 amide bonds. The molecule has 1 N–H and O–H groups in total. The zero-order valence-electron chi connectivity index (χ0n) is 15.5. The molecule has 0 radical (unpaired) electrons. The summed E-state index contributed by atoms with van der Waals surface area (Å²) >= 11 is 0. The number of nitrogens with one attached hydrogen (secondary N) is 1. The number of hydrogen-bond acceptors (Lipinski definition) is 5. The molecule has 144 valence electrons. The lowest BCUT2D eigenvalue weighted by atomic mass is 10.1. The highest BCUT2D eigenvalue weighted by molar-refractivity contribution is 6.04. The lowest BCUT2D eigenvalue weighted by Gasteiger charge is -2.24. The molecule has 0 spiro atoms. The zero-order chi connectivity index (χ0) is 19.7. The molecule has 0 unspecified atom stereocenters. The van der Waals surface area contributed by atoms with Gasteiger partial charge in [0.25, 0.3) is 5.91 Å². The lowest BCUT2D eigenvalue weighted by molar-refractivity contribution is -0.00174. The van der Waals surface area contributed by atoms with Crippen molar-refractivity contribution in [3.8, 4) is 5.75 Å². The summed E-state index contributed by atoms with van der Waals surface area (Å²) in [5.41, 5.74) is 3.21. The Morgan fingerprint density at radius 3 is 2.82 bits per heavy atom. The van der Waals surface area contributed by atoms with Crippen LogP contribution in [0.15, 0.2) is 42.5 Å². The van der Waals surface area contributed by atoms with Gasteiger partial charge >= 0.3 is 0 Å². The van der Waals surface area contributed by atoms with Gasteiger partial charge in [-0.1, -0.05) is 23.4 Å². The Bertz CT molecular complexity index is 1020. The third-order valence-corrected chi connectivity index (χ3v) is 4.66. The number of carbonyl (C=O) groups excluding carboxylic acids is 1. The van der Waals surface area contributed by atoms with Gasteiger partial charge in [0.05, 0.1) is 31.6 Å². The van der Waals surface area contributed by atoms with Crippen LogP contribution in [-0.2, 0) is 17.9 Å². The molecular weight excluding hydrogens is 363 g/mol. The third-order valence-electron chi connectivity index (χ3n) is 4.66. The smallest absolute Gasteiger partial charge is 0.278 e. The number of halogens is 1. The van der Waals surface area contributed by atoms with E-state index in [1.54, 1.807) is 30.0 Å². The largest absolute Gasteiger partial charge is 0.495 e. The maximum Gasteiger partial charge on any atom is 0.278 e. The van der Waals surface area contributed by atoms with E-state index in [0.717, 1.165) is 11.1 Å². The summed E-state index contributed by atoms with van der Waals surface area (Å²) in [5, 5.41) is 11.0. The lowest BCUT2D eigenvalue weighted by Crippen LogP contribution is -2.24. The fourth-order valence-corrected chi connectivity index (χ4v) is 3.17. The van der Waals surface area contributed by atoms with Gasteiger partial charge in [-0.15, -0.1) is 5.10 Å². The van der Waals surface area contributed by atoms with Crippen molar-refractivity contribution in [3.05, 3.63) is 70.8 Å². The molecule has 2 heterocycles. The summed E-state index contributed by atoms with van der Waals surface area (Å²) in [7, 11) is 1.55. The van der Waals surface area contributed by atoms with Crippen LogP contribution in [-0.4, -0.2) is 28.0 Å². The molecule has 0 saturated heterocycles. The van der Waals surface area contributed by atoms with Gasteiger partial charge in [0, 0.05) is 0 Å². The summed E-state index contributed by atoms with van der Waals surface area (Å²) in [6.45, 7) is 2.51. The van der Waals surface area contributed by atoms with E-state index in [-0.39, 0.29) is 30.1 Å². The van der Waals surface area contributed by atoms with Gasteiger partial charge in [0.15, 0.2) is 5.69 Å². The van der Waals surface area contributed by atoms with Crippen molar-refractivity contribution in [3.63, 3.8) is 0 Å². The zero-order valence-corrected chi connectivity index (χ0v) is 15.5. The molecule has 3 aromatic rings. The van der Waals surface area contributed by atoms with Crippen molar-refractivity contribution >= 4 is 11.6 Å². The van der Waals surface area contributed by atoms with Crippen LogP contribution in [0.2, 0.25) is 0 Å².